The maximum absolute atomic E-state index is 12.3. The molecule has 23 heavy (non-hydrogen) atoms. The van der Waals surface area contributed by atoms with Crippen LogP contribution in [0, 0.1) is 0 Å². The minimum Gasteiger partial charge on any atom is -0.450 e. The van der Waals surface area contributed by atoms with Gasteiger partial charge in [-0.15, -0.1) is 0 Å². The fraction of sp³-hybridized carbons (Fsp3) is 0.500. The molecule has 0 aliphatic carbocycles. The number of rotatable bonds is 5. The second kappa shape index (κ2) is 7.62. The first-order chi connectivity index (χ1) is 10.9. The summed E-state index contributed by atoms with van der Waals surface area (Å²) >= 11 is 0. The highest BCUT2D eigenvalue weighted by Crippen LogP contribution is 2.17. The predicted octanol–water partition coefficient (Wildman–Crippen LogP) is 1.63. The smallest absolute Gasteiger partial charge is 0.411 e. The summed E-state index contributed by atoms with van der Waals surface area (Å²) in [5, 5.41) is 2.54. The van der Waals surface area contributed by atoms with Crippen molar-refractivity contribution in [1.82, 2.24) is 4.31 Å². The second-order valence-electron chi connectivity index (χ2n) is 5.07. The van der Waals surface area contributed by atoms with Crippen LogP contribution in [0.2, 0.25) is 0 Å². The quantitative estimate of drug-likeness (QED) is 0.847. The molecule has 0 radical (unpaired) electrons. The molecule has 1 saturated heterocycles. The van der Waals surface area contributed by atoms with Gasteiger partial charge < -0.3 is 9.47 Å². The number of morpholine rings is 1. The Labute approximate surface area is 135 Å². The minimum absolute atomic E-state index is 0.128. The Morgan fingerprint density at radius 3 is 2.61 bits per heavy atom. The fourth-order valence-electron chi connectivity index (χ4n) is 2.12. The Kier molecular flexibility index (Phi) is 5.80. The van der Waals surface area contributed by atoms with Gasteiger partial charge in [-0.2, -0.15) is 12.7 Å². The summed E-state index contributed by atoms with van der Waals surface area (Å²) < 4.78 is 38.6. The average Bonchev–Trinajstić information content (AvgIpc) is 2.49. The van der Waals surface area contributed by atoms with Crippen LogP contribution in [-0.4, -0.2) is 51.2 Å². The third-order valence-electron chi connectivity index (χ3n) is 3.20. The Morgan fingerprint density at radius 1 is 1.35 bits per heavy atom. The van der Waals surface area contributed by atoms with E-state index in [1.807, 2.05) is 6.92 Å². The van der Waals surface area contributed by atoms with Gasteiger partial charge in [0.05, 0.1) is 19.3 Å². The van der Waals surface area contributed by atoms with Crippen LogP contribution in [0.4, 0.5) is 16.2 Å². The summed E-state index contributed by atoms with van der Waals surface area (Å²) in [7, 11) is -3.62. The normalized spacial score (nSPS) is 19.1. The summed E-state index contributed by atoms with van der Waals surface area (Å²) in [4.78, 5) is 11.3. The highest BCUT2D eigenvalue weighted by Gasteiger charge is 2.27. The van der Waals surface area contributed by atoms with Crippen LogP contribution < -0.4 is 10.0 Å². The third kappa shape index (κ3) is 5.08. The molecule has 1 fully saturated rings. The van der Waals surface area contributed by atoms with E-state index in [1.54, 1.807) is 31.2 Å². The van der Waals surface area contributed by atoms with Crippen molar-refractivity contribution in [1.29, 1.82) is 0 Å². The van der Waals surface area contributed by atoms with Gasteiger partial charge in [0.15, 0.2) is 0 Å². The Bertz CT molecular complexity index is 632. The fourth-order valence-corrected chi connectivity index (χ4v) is 3.41. The van der Waals surface area contributed by atoms with Crippen LogP contribution >= 0.6 is 0 Å². The van der Waals surface area contributed by atoms with E-state index < -0.39 is 16.3 Å². The summed E-state index contributed by atoms with van der Waals surface area (Å²) in [6, 6.07) is 6.33. The number of carbonyl (C=O) groups excluding carboxylic acids is 1. The molecule has 1 aliphatic rings. The second-order valence-corrected chi connectivity index (χ2v) is 6.74. The molecule has 2 rings (SSSR count). The lowest BCUT2D eigenvalue weighted by Gasteiger charge is -2.30. The first kappa shape index (κ1) is 17.5. The molecule has 1 amide bonds. The molecule has 1 atom stereocenters. The maximum atomic E-state index is 12.3. The summed E-state index contributed by atoms with van der Waals surface area (Å²) in [6.45, 7) is 4.84. The largest absolute Gasteiger partial charge is 0.450 e. The van der Waals surface area contributed by atoms with Gasteiger partial charge in [-0.1, -0.05) is 0 Å². The van der Waals surface area contributed by atoms with Gasteiger partial charge in [-0.3, -0.25) is 10.0 Å². The number of hydrogen-bond acceptors (Lipinski definition) is 5. The molecule has 0 unspecified atom stereocenters. The Balaban J connectivity index is 1.98. The monoisotopic (exact) mass is 343 g/mol. The number of hydrogen-bond donors (Lipinski definition) is 2. The van der Waals surface area contributed by atoms with E-state index in [0.29, 0.717) is 31.1 Å². The molecule has 1 aromatic carbocycles. The molecule has 0 saturated carbocycles. The highest BCUT2D eigenvalue weighted by atomic mass is 32.2. The number of benzene rings is 1. The van der Waals surface area contributed by atoms with Crippen molar-refractivity contribution in [2.75, 3.05) is 36.3 Å². The molecular formula is C14H21N3O5S. The van der Waals surface area contributed by atoms with Crippen molar-refractivity contribution in [3.63, 3.8) is 0 Å². The van der Waals surface area contributed by atoms with Gasteiger partial charge >= 0.3 is 16.3 Å². The van der Waals surface area contributed by atoms with E-state index in [9.17, 15) is 13.2 Å². The van der Waals surface area contributed by atoms with Crippen LogP contribution in [-0.2, 0) is 19.7 Å². The molecule has 128 valence electrons. The SMILES string of the molecule is CCOC(=O)Nc1ccc(NS(=O)(=O)N2CCO[C@@H](C)C2)cc1. The van der Waals surface area contributed by atoms with E-state index >= 15 is 0 Å². The van der Waals surface area contributed by atoms with Gasteiger partial charge in [0.25, 0.3) is 0 Å². The zero-order valence-electron chi connectivity index (χ0n) is 13.1. The van der Waals surface area contributed by atoms with E-state index in [-0.39, 0.29) is 12.7 Å². The average molecular weight is 343 g/mol. The standard InChI is InChI=1S/C14H21N3O5S/c1-3-21-14(18)15-12-4-6-13(7-5-12)16-23(19,20)17-8-9-22-11(2)10-17/h4-7,11,16H,3,8-10H2,1-2H3,(H,15,18)/t11-/m0/s1. The number of amides is 1. The zero-order chi connectivity index (χ0) is 16.9. The van der Waals surface area contributed by atoms with Gasteiger partial charge in [-0.25, -0.2) is 4.79 Å². The number of carbonyl (C=O) groups is 1. The molecule has 8 nitrogen and oxygen atoms in total. The van der Waals surface area contributed by atoms with Crippen LogP contribution in [0.3, 0.4) is 0 Å². The van der Waals surface area contributed by atoms with Crippen molar-refractivity contribution in [2.45, 2.75) is 20.0 Å². The molecule has 0 aromatic heterocycles. The summed E-state index contributed by atoms with van der Waals surface area (Å²) in [5.41, 5.74) is 0.935. The van der Waals surface area contributed by atoms with Gasteiger partial charge in [0.1, 0.15) is 0 Å². The number of anilines is 2. The lowest BCUT2D eigenvalue weighted by atomic mass is 10.3. The number of nitrogens with one attached hydrogen (secondary N) is 2. The third-order valence-corrected chi connectivity index (χ3v) is 4.70. The van der Waals surface area contributed by atoms with E-state index in [0.717, 1.165) is 0 Å². The minimum atomic E-state index is -3.62. The van der Waals surface area contributed by atoms with Crippen LogP contribution in [0.1, 0.15) is 13.8 Å². The zero-order valence-corrected chi connectivity index (χ0v) is 13.9. The highest BCUT2D eigenvalue weighted by molar-refractivity contribution is 7.90. The molecule has 0 bridgehead atoms. The predicted molar refractivity (Wildman–Crippen MR) is 86.6 cm³/mol. The molecule has 9 heteroatoms. The summed E-state index contributed by atoms with van der Waals surface area (Å²) in [5.74, 6) is 0. The number of ether oxygens (including phenoxy) is 2. The van der Waals surface area contributed by atoms with Gasteiger partial charge in [0, 0.05) is 24.5 Å². The molecule has 0 spiro atoms. The Hall–Kier alpha value is -1.84. The molecule has 2 N–H and O–H groups in total. The van der Waals surface area contributed by atoms with Crippen molar-refractivity contribution in [3.8, 4) is 0 Å². The van der Waals surface area contributed by atoms with Crippen molar-refractivity contribution in [2.24, 2.45) is 0 Å². The molecule has 1 aromatic rings. The first-order valence-electron chi connectivity index (χ1n) is 7.34. The van der Waals surface area contributed by atoms with Crippen molar-refractivity contribution >= 4 is 27.7 Å². The molecular weight excluding hydrogens is 322 g/mol. The van der Waals surface area contributed by atoms with E-state index in [2.05, 4.69) is 10.0 Å². The van der Waals surface area contributed by atoms with Crippen molar-refractivity contribution < 1.29 is 22.7 Å². The van der Waals surface area contributed by atoms with Crippen LogP contribution in [0.25, 0.3) is 0 Å². The first-order valence-corrected chi connectivity index (χ1v) is 8.78. The maximum Gasteiger partial charge on any atom is 0.411 e. The van der Waals surface area contributed by atoms with E-state index in [4.69, 9.17) is 9.47 Å². The van der Waals surface area contributed by atoms with Gasteiger partial charge in [0.2, 0.25) is 0 Å². The number of nitrogens with zero attached hydrogens (tertiary/aromatic N) is 1. The van der Waals surface area contributed by atoms with Crippen LogP contribution in [0.15, 0.2) is 24.3 Å². The van der Waals surface area contributed by atoms with E-state index in [1.165, 1.54) is 4.31 Å². The lowest BCUT2D eigenvalue weighted by molar-refractivity contribution is 0.0104. The van der Waals surface area contributed by atoms with Gasteiger partial charge in [-0.05, 0) is 38.1 Å². The topological polar surface area (TPSA) is 97.0 Å². The Morgan fingerprint density at radius 2 is 2.00 bits per heavy atom. The molecule has 1 heterocycles. The molecule has 1 aliphatic heterocycles. The summed E-state index contributed by atoms with van der Waals surface area (Å²) in [6.07, 6.45) is -0.681. The van der Waals surface area contributed by atoms with Crippen molar-refractivity contribution in [3.05, 3.63) is 24.3 Å². The lowest BCUT2D eigenvalue weighted by Crippen LogP contribution is -2.46. The van der Waals surface area contributed by atoms with Crippen LogP contribution in [0.5, 0.6) is 0 Å².